The number of piperidine rings is 1. The number of para-hydroxylation sites is 1. The first-order valence-corrected chi connectivity index (χ1v) is 14.4. The average molecular weight is 537 g/mol. The van der Waals surface area contributed by atoms with Gasteiger partial charge in [-0.2, -0.15) is 0 Å². The van der Waals surface area contributed by atoms with Gasteiger partial charge in [0.25, 0.3) is 0 Å². The van der Waals surface area contributed by atoms with Crippen LogP contribution >= 0.6 is 0 Å². The highest BCUT2D eigenvalue weighted by Gasteiger charge is 2.34. The van der Waals surface area contributed by atoms with Crippen LogP contribution in [0.2, 0.25) is 0 Å². The summed E-state index contributed by atoms with van der Waals surface area (Å²) in [4.78, 5) is 35.0. The van der Waals surface area contributed by atoms with Crippen LogP contribution < -0.4 is 4.74 Å². The van der Waals surface area contributed by atoms with Crippen LogP contribution in [0.5, 0.6) is 5.75 Å². The Labute approximate surface area is 231 Å². The molecule has 0 N–H and O–H groups in total. The van der Waals surface area contributed by atoms with Gasteiger partial charge in [0.05, 0.1) is 13.2 Å². The van der Waals surface area contributed by atoms with Crippen LogP contribution in [0, 0.1) is 17.7 Å². The number of carbonyl (C=O) groups excluding carboxylic acids is 2. The van der Waals surface area contributed by atoms with E-state index in [1.807, 2.05) is 45.0 Å². The molecular formula is C31H41FN4O3. The molecule has 0 spiro atoms. The smallest absolute Gasteiger partial charge is 0.236 e. The first-order chi connectivity index (χ1) is 19.0. The molecule has 2 fully saturated rings. The maximum absolute atomic E-state index is 14.6. The van der Waals surface area contributed by atoms with Crippen LogP contribution in [-0.2, 0) is 22.7 Å². The van der Waals surface area contributed by atoms with E-state index < -0.39 is 0 Å². The Bertz CT molecular complexity index is 1140. The molecule has 39 heavy (non-hydrogen) atoms. The van der Waals surface area contributed by atoms with Crippen molar-refractivity contribution in [1.29, 1.82) is 0 Å². The van der Waals surface area contributed by atoms with Crippen LogP contribution in [0.3, 0.4) is 0 Å². The number of hydrogen-bond donors (Lipinski definition) is 0. The van der Waals surface area contributed by atoms with Gasteiger partial charge in [-0.05, 0) is 50.3 Å². The van der Waals surface area contributed by atoms with Crippen molar-refractivity contribution in [3.8, 4) is 5.75 Å². The number of nitrogens with zero attached hydrogens (tertiary/aromatic N) is 4. The molecule has 0 unspecified atom stereocenters. The molecule has 2 atom stereocenters. The number of hydrogen-bond acceptors (Lipinski definition) is 5. The zero-order chi connectivity index (χ0) is 27.2. The van der Waals surface area contributed by atoms with Crippen LogP contribution in [0.15, 0.2) is 48.5 Å². The predicted octanol–water partition coefficient (Wildman–Crippen LogP) is 3.63. The summed E-state index contributed by atoms with van der Waals surface area (Å²) in [6.45, 7) is 6.39. The third kappa shape index (κ3) is 7.17. The number of piperazine rings is 1. The van der Waals surface area contributed by atoms with E-state index in [4.69, 9.17) is 4.74 Å². The van der Waals surface area contributed by atoms with Crippen molar-refractivity contribution in [1.82, 2.24) is 19.6 Å². The first kappa shape index (κ1) is 27.6. The number of rotatable bonds is 4. The Balaban J connectivity index is 1.32. The summed E-state index contributed by atoms with van der Waals surface area (Å²) >= 11 is 0. The summed E-state index contributed by atoms with van der Waals surface area (Å²) in [5.74, 6) is 1.40. The molecule has 2 aromatic carbocycles. The largest absolute Gasteiger partial charge is 0.493 e. The lowest BCUT2D eigenvalue weighted by atomic mass is 9.80. The van der Waals surface area contributed by atoms with E-state index in [0.29, 0.717) is 44.8 Å². The number of benzene rings is 2. The average Bonchev–Trinajstić information content (AvgIpc) is 2.94. The van der Waals surface area contributed by atoms with Crippen molar-refractivity contribution in [3.63, 3.8) is 0 Å². The van der Waals surface area contributed by atoms with Gasteiger partial charge in [0.1, 0.15) is 11.6 Å². The second-order valence-electron chi connectivity index (χ2n) is 11.4. The van der Waals surface area contributed by atoms with E-state index in [2.05, 4.69) is 11.9 Å². The SMILES string of the molecule is CN1CCN(C(=O)C[C@@H]2CCN3C[C@@H]2CCCOc2ccccc2CN(Cc2ccccc2F)CC3=O)CC1. The molecule has 0 saturated carbocycles. The van der Waals surface area contributed by atoms with Crippen molar-refractivity contribution in [2.75, 3.05) is 59.5 Å². The molecule has 2 aromatic rings. The molecule has 2 bridgehead atoms. The van der Waals surface area contributed by atoms with E-state index in [9.17, 15) is 14.0 Å². The lowest BCUT2D eigenvalue weighted by Gasteiger charge is -2.40. The molecule has 7 nitrogen and oxygen atoms in total. The van der Waals surface area contributed by atoms with Crippen LogP contribution in [0.25, 0.3) is 0 Å². The van der Waals surface area contributed by atoms with Crippen LogP contribution in [0.1, 0.15) is 36.8 Å². The van der Waals surface area contributed by atoms with Crippen molar-refractivity contribution >= 4 is 11.8 Å². The van der Waals surface area contributed by atoms with Crippen molar-refractivity contribution < 1.29 is 18.7 Å². The topological polar surface area (TPSA) is 56.3 Å². The number of likely N-dealkylation sites (N-methyl/N-ethyl adjacent to an activating group) is 1. The van der Waals surface area contributed by atoms with E-state index >= 15 is 0 Å². The number of fused-ring (bicyclic) bond motifs is 3. The van der Waals surface area contributed by atoms with Gasteiger partial charge < -0.3 is 19.4 Å². The number of halogens is 1. The van der Waals surface area contributed by atoms with Crippen molar-refractivity contribution in [2.24, 2.45) is 11.8 Å². The lowest BCUT2D eigenvalue weighted by molar-refractivity contribution is -0.137. The molecule has 3 heterocycles. The summed E-state index contributed by atoms with van der Waals surface area (Å²) in [5.41, 5.74) is 1.57. The zero-order valence-electron chi connectivity index (χ0n) is 23.1. The maximum atomic E-state index is 14.6. The molecular weight excluding hydrogens is 495 g/mol. The third-order valence-corrected chi connectivity index (χ3v) is 8.59. The highest BCUT2D eigenvalue weighted by molar-refractivity contribution is 5.79. The molecule has 0 radical (unpaired) electrons. The zero-order valence-corrected chi connectivity index (χ0v) is 23.1. The van der Waals surface area contributed by atoms with E-state index in [1.165, 1.54) is 6.07 Å². The molecule has 8 heteroatoms. The quantitative estimate of drug-likeness (QED) is 0.598. The summed E-state index contributed by atoms with van der Waals surface area (Å²) in [7, 11) is 2.10. The van der Waals surface area contributed by atoms with Gasteiger partial charge in [0, 0.05) is 69.9 Å². The standard InChI is InChI=1S/C31H41FN4O3/c1-33-14-16-35(17-15-33)30(37)19-24-12-13-36-22-25(24)9-6-18-39-29-11-5-3-8-27(29)21-34(23-31(36)38)20-26-7-2-4-10-28(26)32/h2-5,7-8,10-11,24-25H,6,9,12-23H2,1H3/t24-,25-/m0/s1. The number of ether oxygens (including phenoxy) is 1. The van der Waals surface area contributed by atoms with E-state index in [-0.39, 0.29) is 36.0 Å². The number of amides is 2. The monoisotopic (exact) mass is 536 g/mol. The van der Waals surface area contributed by atoms with Gasteiger partial charge in [0.2, 0.25) is 11.8 Å². The van der Waals surface area contributed by atoms with E-state index in [0.717, 1.165) is 56.8 Å². The molecule has 0 aromatic heterocycles. The predicted molar refractivity (Wildman–Crippen MR) is 149 cm³/mol. The van der Waals surface area contributed by atoms with E-state index in [1.54, 1.807) is 12.1 Å². The normalized spacial score (nSPS) is 23.7. The second kappa shape index (κ2) is 12.9. The second-order valence-corrected chi connectivity index (χ2v) is 11.4. The van der Waals surface area contributed by atoms with Gasteiger partial charge in [-0.3, -0.25) is 14.5 Å². The molecule has 3 aliphatic heterocycles. The summed E-state index contributed by atoms with van der Waals surface area (Å²) < 4.78 is 20.8. The Hall–Kier alpha value is -2.97. The van der Waals surface area contributed by atoms with Crippen LogP contribution in [-0.4, -0.2) is 90.9 Å². The van der Waals surface area contributed by atoms with Gasteiger partial charge in [-0.25, -0.2) is 4.39 Å². The van der Waals surface area contributed by atoms with Crippen molar-refractivity contribution in [3.05, 3.63) is 65.5 Å². The Morgan fingerprint density at radius 3 is 2.56 bits per heavy atom. The number of carbonyl (C=O) groups is 2. The highest BCUT2D eigenvalue weighted by Crippen LogP contribution is 2.32. The Kier molecular flexibility index (Phi) is 9.14. The maximum Gasteiger partial charge on any atom is 0.236 e. The van der Waals surface area contributed by atoms with Gasteiger partial charge in [-0.15, -0.1) is 0 Å². The molecule has 2 saturated heterocycles. The fourth-order valence-corrected chi connectivity index (χ4v) is 6.18. The Morgan fingerprint density at radius 1 is 0.974 bits per heavy atom. The molecule has 210 valence electrons. The summed E-state index contributed by atoms with van der Waals surface area (Å²) in [5, 5.41) is 0. The summed E-state index contributed by atoms with van der Waals surface area (Å²) in [6.07, 6.45) is 3.19. The van der Waals surface area contributed by atoms with Crippen LogP contribution in [0.4, 0.5) is 4.39 Å². The fraction of sp³-hybridized carbons (Fsp3) is 0.548. The molecule has 5 rings (SSSR count). The van der Waals surface area contributed by atoms with Gasteiger partial charge >= 0.3 is 0 Å². The van der Waals surface area contributed by atoms with Gasteiger partial charge in [-0.1, -0.05) is 36.4 Å². The Morgan fingerprint density at radius 2 is 1.74 bits per heavy atom. The minimum absolute atomic E-state index is 0.0674. The van der Waals surface area contributed by atoms with Gasteiger partial charge in [0.15, 0.2) is 0 Å². The molecule has 3 aliphatic rings. The molecule has 0 aliphatic carbocycles. The minimum Gasteiger partial charge on any atom is -0.493 e. The first-order valence-electron chi connectivity index (χ1n) is 14.4. The highest BCUT2D eigenvalue weighted by atomic mass is 19.1. The van der Waals surface area contributed by atoms with Crippen molar-refractivity contribution in [2.45, 2.75) is 38.8 Å². The molecule has 2 amide bonds. The fourth-order valence-electron chi connectivity index (χ4n) is 6.18. The third-order valence-electron chi connectivity index (χ3n) is 8.59. The lowest BCUT2D eigenvalue weighted by Crippen LogP contribution is -2.50. The summed E-state index contributed by atoms with van der Waals surface area (Å²) in [6, 6.07) is 14.7. The minimum atomic E-state index is -0.261.